The molecule has 104 valence electrons. The van der Waals surface area contributed by atoms with Gasteiger partial charge in [-0.1, -0.05) is 13.8 Å². The number of carbonyl (C=O) groups excluding carboxylic acids is 1. The Morgan fingerprint density at radius 3 is 2.53 bits per heavy atom. The summed E-state index contributed by atoms with van der Waals surface area (Å²) in [6.07, 6.45) is 2.56. The molecule has 0 unspecified atom stereocenters. The van der Waals surface area contributed by atoms with Crippen molar-refractivity contribution in [2.45, 2.75) is 32.7 Å². The van der Waals surface area contributed by atoms with Crippen LogP contribution < -0.4 is 15.8 Å². The second-order valence-electron chi connectivity index (χ2n) is 5.54. The zero-order valence-corrected chi connectivity index (χ0v) is 11.6. The normalized spacial score (nSPS) is 16.2. The molecule has 0 aliphatic heterocycles. The van der Waals surface area contributed by atoms with E-state index < -0.39 is 6.04 Å². The quantitative estimate of drug-likeness (QED) is 0.827. The highest BCUT2D eigenvalue weighted by molar-refractivity contribution is 5.94. The molecule has 4 nitrogen and oxygen atoms in total. The van der Waals surface area contributed by atoms with Gasteiger partial charge in [-0.3, -0.25) is 4.79 Å². The molecule has 0 heterocycles. The minimum atomic E-state index is -0.481. The Kier molecular flexibility index (Phi) is 4.43. The lowest BCUT2D eigenvalue weighted by molar-refractivity contribution is -0.118. The highest BCUT2D eigenvalue weighted by atomic mass is 16.5. The Labute approximate surface area is 114 Å². The maximum Gasteiger partial charge on any atom is 0.241 e. The highest BCUT2D eigenvalue weighted by Gasteiger charge is 2.22. The predicted octanol–water partition coefficient (Wildman–Crippen LogP) is 2.40. The van der Waals surface area contributed by atoms with E-state index in [4.69, 9.17) is 10.5 Å². The van der Waals surface area contributed by atoms with E-state index in [-0.39, 0.29) is 11.8 Å². The molecule has 1 amide bonds. The average molecular weight is 262 g/mol. The van der Waals surface area contributed by atoms with Gasteiger partial charge in [0.2, 0.25) is 5.91 Å². The Hall–Kier alpha value is -1.55. The first kappa shape index (κ1) is 13.9. The van der Waals surface area contributed by atoms with E-state index in [2.05, 4.69) is 5.32 Å². The minimum Gasteiger partial charge on any atom is -0.493 e. The molecule has 1 aromatic carbocycles. The lowest BCUT2D eigenvalue weighted by Crippen LogP contribution is -2.39. The molecule has 1 aliphatic carbocycles. The van der Waals surface area contributed by atoms with Crippen LogP contribution in [-0.2, 0) is 4.79 Å². The van der Waals surface area contributed by atoms with Crippen LogP contribution in [0.1, 0.15) is 26.7 Å². The molecule has 1 aromatic rings. The third-order valence-electron chi connectivity index (χ3n) is 3.33. The minimum absolute atomic E-state index is 0.126. The number of ether oxygens (including phenoxy) is 1. The summed E-state index contributed by atoms with van der Waals surface area (Å²) in [5.41, 5.74) is 6.54. The zero-order chi connectivity index (χ0) is 13.8. The van der Waals surface area contributed by atoms with Crippen molar-refractivity contribution >= 4 is 11.6 Å². The molecule has 0 aromatic heterocycles. The van der Waals surface area contributed by atoms with Gasteiger partial charge in [0, 0.05) is 5.69 Å². The van der Waals surface area contributed by atoms with E-state index in [1.54, 1.807) is 0 Å². The fourth-order valence-corrected chi connectivity index (χ4v) is 1.66. The number of hydrogen-bond acceptors (Lipinski definition) is 3. The second-order valence-corrected chi connectivity index (χ2v) is 5.54. The van der Waals surface area contributed by atoms with Gasteiger partial charge in [0.25, 0.3) is 0 Å². The number of nitrogens with two attached hydrogens (primary N) is 1. The first-order chi connectivity index (χ1) is 9.06. The number of carbonyl (C=O) groups is 1. The van der Waals surface area contributed by atoms with Gasteiger partial charge < -0.3 is 15.8 Å². The monoisotopic (exact) mass is 262 g/mol. The van der Waals surface area contributed by atoms with Crippen LogP contribution in [-0.4, -0.2) is 18.6 Å². The molecule has 4 heteroatoms. The van der Waals surface area contributed by atoms with Crippen molar-refractivity contribution in [2.24, 2.45) is 17.6 Å². The van der Waals surface area contributed by atoms with Crippen LogP contribution in [0.25, 0.3) is 0 Å². The van der Waals surface area contributed by atoms with Crippen molar-refractivity contribution in [3.63, 3.8) is 0 Å². The van der Waals surface area contributed by atoms with Crippen molar-refractivity contribution < 1.29 is 9.53 Å². The number of hydrogen-bond donors (Lipinski definition) is 2. The topological polar surface area (TPSA) is 64.4 Å². The Bertz CT molecular complexity index is 424. The number of amides is 1. The summed E-state index contributed by atoms with van der Waals surface area (Å²) in [6, 6.07) is 6.95. The molecule has 0 spiro atoms. The van der Waals surface area contributed by atoms with E-state index in [9.17, 15) is 4.79 Å². The molecule has 2 rings (SSSR count). The molecular weight excluding hydrogens is 240 g/mol. The summed E-state index contributed by atoms with van der Waals surface area (Å²) in [5.74, 6) is 1.56. The van der Waals surface area contributed by atoms with Crippen molar-refractivity contribution in [1.29, 1.82) is 0 Å². The van der Waals surface area contributed by atoms with E-state index in [0.717, 1.165) is 24.0 Å². The van der Waals surface area contributed by atoms with Crippen molar-refractivity contribution in [2.75, 3.05) is 11.9 Å². The van der Waals surface area contributed by atoms with Gasteiger partial charge >= 0.3 is 0 Å². The second kappa shape index (κ2) is 6.06. The molecule has 19 heavy (non-hydrogen) atoms. The summed E-state index contributed by atoms with van der Waals surface area (Å²) >= 11 is 0. The standard InChI is InChI=1S/C15H22N2O2/c1-10(2)14(16)15(18)17-12-5-7-13(8-6-12)19-9-11-3-4-11/h5-8,10-11,14H,3-4,9,16H2,1-2H3,(H,17,18)/t14-/m0/s1. The predicted molar refractivity (Wildman–Crippen MR) is 76.1 cm³/mol. The van der Waals surface area contributed by atoms with Gasteiger partial charge in [-0.05, 0) is 48.9 Å². The van der Waals surface area contributed by atoms with Crippen molar-refractivity contribution in [3.05, 3.63) is 24.3 Å². The summed E-state index contributed by atoms with van der Waals surface area (Å²) in [5, 5.41) is 2.81. The first-order valence-electron chi connectivity index (χ1n) is 6.85. The van der Waals surface area contributed by atoms with Crippen LogP contribution in [0.5, 0.6) is 5.75 Å². The Morgan fingerprint density at radius 2 is 2.00 bits per heavy atom. The highest BCUT2D eigenvalue weighted by Crippen LogP contribution is 2.29. The lowest BCUT2D eigenvalue weighted by atomic mass is 10.1. The molecule has 3 N–H and O–H groups in total. The summed E-state index contributed by atoms with van der Waals surface area (Å²) < 4.78 is 5.64. The Balaban J connectivity index is 1.85. The van der Waals surface area contributed by atoms with Gasteiger partial charge in [0.15, 0.2) is 0 Å². The summed E-state index contributed by atoms with van der Waals surface area (Å²) in [4.78, 5) is 11.8. The van der Waals surface area contributed by atoms with E-state index in [1.165, 1.54) is 12.8 Å². The van der Waals surface area contributed by atoms with Gasteiger partial charge in [0.1, 0.15) is 5.75 Å². The van der Waals surface area contributed by atoms with Crippen molar-refractivity contribution in [3.8, 4) is 5.75 Å². The van der Waals surface area contributed by atoms with E-state index >= 15 is 0 Å². The van der Waals surface area contributed by atoms with Crippen LogP contribution in [0.2, 0.25) is 0 Å². The van der Waals surface area contributed by atoms with E-state index in [1.807, 2.05) is 38.1 Å². The maximum absolute atomic E-state index is 11.8. The molecule has 0 radical (unpaired) electrons. The third kappa shape index (κ3) is 4.24. The molecule has 1 aliphatic rings. The van der Waals surface area contributed by atoms with Crippen LogP contribution >= 0.6 is 0 Å². The van der Waals surface area contributed by atoms with Crippen LogP contribution in [0.15, 0.2) is 24.3 Å². The Morgan fingerprint density at radius 1 is 1.37 bits per heavy atom. The van der Waals surface area contributed by atoms with Crippen LogP contribution in [0.3, 0.4) is 0 Å². The van der Waals surface area contributed by atoms with Crippen LogP contribution in [0, 0.1) is 11.8 Å². The fraction of sp³-hybridized carbons (Fsp3) is 0.533. The van der Waals surface area contributed by atoms with Gasteiger partial charge in [0.05, 0.1) is 12.6 Å². The number of anilines is 1. The lowest BCUT2D eigenvalue weighted by Gasteiger charge is -2.15. The van der Waals surface area contributed by atoms with Gasteiger partial charge in [-0.15, -0.1) is 0 Å². The maximum atomic E-state index is 11.8. The molecule has 1 fully saturated rings. The molecule has 1 atom stereocenters. The van der Waals surface area contributed by atoms with Gasteiger partial charge in [-0.25, -0.2) is 0 Å². The fourth-order valence-electron chi connectivity index (χ4n) is 1.66. The first-order valence-corrected chi connectivity index (χ1v) is 6.85. The number of benzene rings is 1. The number of nitrogens with one attached hydrogen (secondary N) is 1. The molecule has 0 bridgehead atoms. The summed E-state index contributed by atoms with van der Waals surface area (Å²) in [6.45, 7) is 4.65. The zero-order valence-electron chi connectivity index (χ0n) is 11.6. The molecular formula is C15H22N2O2. The largest absolute Gasteiger partial charge is 0.493 e. The molecule has 0 saturated heterocycles. The summed E-state index contributed by atoms with van der Waals surface area (Å²) in [7, 11) is 0. The third-order valence-corrected chi connectivity index (χ3v) is 3.33. The molecule has 1 saturated carbocycles. The van der Waals surface area contributed by atoms with E-state index in [0.29, 0.717) is 0 Å². The van der Waals surface area contributed by atoms with Crippen molar-refractivity contribution in [1.82, 2.24) is 0 Å². The smallest absolute Gasteiger partial charge is 0.241 e. The SMILES string of the molecule is CC(C)[C@H](N)C(=O)Nc1ccc(OCC2CC2)cc1. The van der Waals surface area contributed by atoms with Crippen LogP contribution in [0.4, 0.5) is 5.69 Å². The van der Waals surface area contributed by atoms with Gasteiger partial charge in [-0.2, -0.15) is 0 Å². The number of rotatable bonds is 6. The average Bonchev–Trinajstić information content (AvgIpc) is 3.21.